The van der Waals surface area contributed by atoms with Crippen LogP contribution in [0.2, 0.25) is 5.02 Å². The molecule has 0 radical (unpaired) electrons. The second-order valence-corrected chi connectivity index (χ2v) is 12.6. The number of anilines is 1. The fourth-order valence-electron chi connectivity index (χ4n) is 4.32. The summed E-state index contributed by atoms with van der Waals surface area (Å²) in [5.41, 5.74) is 2.69. The molecule has 0 aliphatic heterocycles. The number of carbonyl (C=O) groups excluding carboxylic acids is 2. The SMILES string of the molecule is CC[C@@H](C(=O)NCC(C)C)N(Cc1ccccc1)C(=O)CN(c1cc(Cl)ccc1C)S(=O)(=O)c1ccc(C)cc1. The summed E-state index contributed by atoms with van der Waals surface area (Å²) in [7, 11) is -4.16. The Morgan fingerprint density at radius 1 is 0.950 bits per heavy atom. The van der Waals surface area contributed by atoms with Gasteiger partial charge in [0, 0.05) is 18.1 Å². The predicted molar refractivity (Wildman–Crippen MR) is 161 cm³/mol. The number of hydrogen-bond acceptors (Lipinski definition) is 4. The molecule has 0 aromatic heterocycles. The lowest BCUT2D eigenvalue weighted by Crippen LogP contribution is -2.52. The Kier molecular flexibility index (Phi) is 10.8. The van der Waals surface area contributed by atoms with Crippen molar-refractivity contribution >= 4 is 39.1 Å². The summed E-state index contributed by atoms with van der Waals surface area (Å²) >= 11 is 6.29. The highest BCUT2D eigenvalue weighted by Gasteiger charge is 2.34. The topological polar surface area (TPSA) is 86.8 Å². The summed E-state index contributed by atoms with van der Waals surface area (Å²) in [6.45, 7) is 9.59. The van der Waals surface area contributed by atoms with Gasteiger partial charge in [-0.15, -0.1) is 0 Å². The van der Waals surface area contributed by atoms with Crippen molar-refractivity contribution in [3.05, 3.63) is 94.5 Å². The van der Waals surface area contributed by atoms with Crippen molar-refractivity contribution in [2.75, 3.05) is 17.4 Å². The van der Waals surface area contributed by atoms with Crippen LogP contribution < -0.4 is 9.62 Å². The second kappa shape index (κ2) is 13.8. The van der Waals surface area contributed by atoms with Crippen LogP contribution in [0.5, 0.6) is 0 Å². The zero-order valence-electron chi connectivity index (χ0n) is 23.7. The molecular weight excluding hydrogens is 546 g/mol. The molecule has 40 heavy (non-hydrogen) atoms. The van der Waals surface area contributed by atoms with Crippen LogP contribution in [0.15, 0.2) is 77.7 Å². The standard InChI is InChI=1S/C31H38ClN3O4S/c1-6-28(31(37)33-19-22(2)3)34(20-25-10-8-7-9-11-25)30(36)21-35(29-18-26(32)15-14-24(29)5)40(38,39)27-16-12-23(4)13-17-27/h7-18,22,28H,6,19-21H2,1-5H3,(H,33,37)/t28-/m0/s1. The lowest BCUT2D eigenvalue weighted by atomic mass is 10.1. The maximum absolute atomic E-state index is 14.1. The summed E-state index contributed by atoms with van der Waals surface area (Å²) in [4.78, 5) is 28.9. The first-order valence-corrected chi connectivity index (χ1v) is 15.2. The predicted octanol–water partition coefficient (Wildman–Crippen LogP) is 5.73. The summed E-state index contributed by atoms with van der Waals surface area (Å²) in [6.07, 6.45) is 0.364. The van der Waals surface area contributed by atoms with E-state index in [4.69, 9.17) is 11.6 Å². The minimum absolute atomic E-state index is 0.0570. The first kappa shape index (κ1) is 31.2. The van der Waals surface area contributed by atoms with Crippen molar-refractivity contribution in [1.82, 2.24) is 10.2 Å². The molecule has 0 aliphatic rings. The number of rotatable bonds is 12. The monoisotopic (exact) mass is 583 g/mol. The van der Waals surface area contributed by atoms with Gasteiger partial charge in [0.2, 0.25) is 11.8 Å². The Balaban J connectivity index is 2.07. The lowest BCUT2D eigenvalue weighted by molar-refractivity contribution is -0.140. The molecule has 0 saturated heterocycles. The van der Waals surface area contributed by atoms with Crippen LogP contribution >= 0.6 is 11.6 Å². The van der Waals surface area contributed by atoms with E-state index in [-0.39, 0.29) is 23.3 Å². The molecule has 0 fully saturated rings. The molecule has 0 saturated carbocycles. The van der Waals surface area contributed by atoms with Gasteiger partial charge in [0.1, 0.15) is 12.6 Å². The van der Waals surface area contributed by atoms with Crippen molar-refractivity contribution in [3.8, 4) is 0 Å². The smallest absolute Gasteiger partial charge is 0.264 e. The van der Waals surface area contributed by atoms with Gasteiger partial charge in [-0.25, -0.2) is 8.42 Å². The lowest BCUT2D eigenvalue weighted by Gasteiger charge is -2.33. The van der Waals surface area contributed by atoms with Crippen LogP contribution in [-0.4, -0.2) is 44.3 Å². The van der Waals surface area contributed by atoms with Crippen LogP contribution in [0.3, 0.4) is 0 Å². The molecule has 7 nitrogen and oxygen atoms in total. The number of nitrogens with zero attached hydrogens (tertiary/aromatic N) is 2. The summed E-state index contributed by atoms with van der Waals surface area (Å²) in [5.74, 6) is -0.529. The van der Waals surface area contributed by atoms with Crippen LogP contribution in [0, 0.1) is 19.8 Å². The van der Waals surface area contributed by atoms with Gasteiger partial charge in [-0.3, -0.25) is 13.9 Å². The Morgan fingerprint density at radius 3 is 2.20 bits per heavy atom. The maximum atomic E-state index is 14.1. The Morgan fingerprint density at radius 2 is 1.60 bits per heavy atom. The van der Waals surface area contributed by atoms with E-state index in [2.05, 4.69) is 5.32 Å². The number of sulfonamides is 1. The molecule has 1 atom stereocenters. The third kappa shape index (κ3) is 7.86. The maximum Gasteiger partial charge on any atom is 0.264 e. The summed E-state index contributed by atoms with van der Waals surface area (Å²) in [6, 6.07) is 20.0. The number of nitrogens with one attached hydrogen (secondary N) is 1. The zero-order chi connectivity index (χ0) is 29.4. The van der Waals surface area contributed by atoms with E-state index in [0.29, 0.717) is 29.2 Å². The second-order valence-electron chi connectivity index (χ2n) is 10.3. The third-order valence-corrected chi connectivity index (χ3v) is 8.60. The van der Waals surface area contributed by atoms with Crippen LogP contribution in [0.4, 0.5) is 5.69 Å². The van der Waals surface area contributed by atoms with Gasteiger partial charge in [-0.2, -0.15) is 0 Å². The van der Waals surface area contributed by atoms with E-state index in [1.54, 1.807) is 37.3 Å². The van der Waals surface area contributed by atoms with Gasteiger partial charge >= 0.3 is 0 Å². The molecule has 0 aliphatic carbocycles. The van der Waals surface area contributed by atoms with Crippen LogP contribution in [0.1, 0.15) is 43.9 Å². The van der Waals surface area contributed by atoms with E-state index in [9.17, 15) is 18.0 Å². The average molecular weight is 584 g/mol. The molecule has 3 rings (SSSR count). The molecule has 1 N–H and O–H groups in total. The Hall–Kier alpha value is -3.36. The minimum atomic E-state index is -4.16. The highest BCUT2D eigenvalue weighted by atomic mass is 35.5. The van der Waals surface area contributed by atoms with E-state index in [1.165, 1.54) is 17.0 Å². The molecule has 214 valence electrons. The van der Waals surface area contributed by atoms with E-state index >= 15 is 0 Å². The normalized spacial score (nSPS) is 12.2. The van der Waals surface area contributed by atoms with Crippen molar-refractivity contribution < 1.29 is 18.0 Å². The zero-order valence-corrected chi connectivity index (χ0v) is 25.3. The first-order valence-electron chi connectivity index (χ1n) is 13.4. The number of benzene rings is 3. The fraction of sp³-hybridized carbons (Fsp3) is 0.355. The number of hydrogen-bond donors (Lipinski definition) is 1. The fourth-order valence-corrected chi connectivity index (χ4v) is 5.96. The van der Waals surface area contributed by atoms with Gasteiger partial charge in [-0.05, 0) is 61.6 Å². The number of halogens is 1. The molecule has 9 heteroatoms. The van der Waals surface area contributed by atoms with Gasteiger partial charge in [0.15, 0.2) is 0 Å². The number of aryl methyl sites for hydroxylation is 2. The summed E-state index contributed by atoms with van der Waals surface area (Å²) in [5, 5.41) is 3.28. The van der Waals surface area contributed by atoms with Crippen LogP contribution in [-0.2, 0) is 26.2 Å². The molecule has 3 aromatic rings. The average Bonchev–Trinajstić information content (AvgIpc) is 2.92. The van der Waals surface area contributed by atoms with Gasteiger partial charge < -0.3 is 10.2 Å². The van der Waals surface area contributed by atoms with Gasteiger partial charge in [0.25, 0.3) is 10.0 Å². The molecular formula is C31H38ClN3O4S. The van der Waals surface area contributed by atoms with Gasteiger partial charge in [0.05, 0.1) is 10.6 Å². The first-order chi connectivity index (χ1) is 18.9. The van der Waals surface area contributed by atoms with Crippen LogP contribution in [0.25, 0.3) is 0 Å². The van der Waals surface area contributed by atoms with Gasteiger partial charge in [-0.1, -0.05) is 86.5 Å². The minimum Gasteiger partial charge on any atom is -0.354 e. The van der Waals surface area contributed by atoms with E-state index in [1.807, 2.05) is 58.0 Å². The third-order valence-electron chi connectivity index (χ3n) is 6.59. The van der Waals surface area contributed by atoms with Crippen molar-refractivity contribution in [1.29, 1.82) is 0 Å². The molecule has 0 heterocycles. The Bertz CT molecular complexity index is 1410. The number of carbonyl (C=O) groups is 2. The molecule has 2 amide bonds. The van der Waals surface area contributed by atoms with Crippen molar-refractivity contribution in [3.63, 3.8) is 0 Å². The summed E-state index contributed by atoms with van der Waals surface area (Å²) < 4.78 is 29.1. The number of amides is 2. The largest absolute Gasteiger partial charge is 0.354 e. The van der Waals surface area contributed by atoms with E-state index < -0.39 is 28.5 Å². The van der Waals surface area contributed by atoms with E-state index in [0.717, 1.165) is 15.4 Å². The highest BCUT2D eigenvalue weighted by molar-refractivity contribution is 7.92. The quantitative estimate of drug-likeness (QED) is 0.295. The van der Waals surface area contributed by atoms with Crippen molar-refractivity contribution in [2.24, 2.45) is 5.92 Å². The van der Waals surface area contributed by atoms with Crippen molar-refractivity contribution in [2.45, 2.75) is 58.5 Å². The molecule has 0 bridgehead atoms. The molecule has 0 spiro atoms. The Labute approximate surface area is 243 Å². The molecule has 3 aromatic carbocycles. The highest BCUT2D eigenvalue weighted by Crippen LogP contribution is 2.30. The molecule has 0 unspecified atom stereocenters.